The molecule has 0 aliphatic carbocycles. The van der Waals surface area contributed by atoms with Crippen molar-refractivity contribution in [3.63, 3.8) is 0 Å². The van der Waals surface area contributed by atoms with Crippen molar-refractivity contribution in [3.05, 3.63) is 111 Å². The summed E-state index contributed by atoms with van der Waals surface area (Å²) < 4.78 is 3.34. The topological polar surface area (TPSA) is 72.4 Å². The summed E-state index contributed by atoms with van der Waals surface area (Å²) in [6, 6.07) is 18.3. The molecule has 32 heavy (non-hydrogen) atoms. The Morgan fingerprint density at radius 3 is 2.66 bits per heavy atom. The number of halogens is 1. The number of fused-ring (bicyclic) bond motifs is 1. The normalized spacial score (nSPS) is 13.7. The first-order chi connectivity index (χ1) is 15.5. The minimum atomic E-state index is -0.501. The summed E-state index contributed by atoms with van der Waals surface area (Å²) in [5, 5.41) is 14.8. The van der Waals surface area contributed by atoms with E-state index in [-0.39, 0.29) is 12.2 Å². The second kappa shape index (κ2) is 8.22. The first kappa shape index (κ1) is 20.4. The van der Waals surface area contributed by atoms with E-state index < -0.39 is 6.04 Å². The van der Waals surface area contributed by atoms with Gasteiger partial charge in [-0.2, -0.15) is 5.10 Å². The predicted octanol–water partition coefficient (Wildman–Crippen LogP) is 3.83. The van der Waals surface area contributed by atoms with Crippen molar-refractivity contribution in [3.8, 4) is 11.1 Å². The van der Waals surface area contributed by atoms with Gasteiger partial charge in [-0.05, 0) is 52.6 Å². The maximum Gasteiger partial charge on any atom is 0.251 e. The SMILES string of the molecule is Cn1nccc1C1=NCc2ccc(-c3ccn([C@H](CO)c4cccc(Cl)c4)c(=O)c3)cc21. The molecule has 0 amide bonds. The van der Waals surface area contributed by atoms with Crippen LogP contribution in [0, 0.1) is 0 Å². The van der Waals surface area contributed by atoms with Crippen LogP contribution in [-0.4, -0.2) is 31.8 Å². The van der Waals surface area contributed by atoms with Crippen molar-refractivity contribution in [2.45, 2.75) is 12.6 Å². The summed E-state index contributed by atoms with van der Waals surface area (Å²) in [4.78, 5) is 17.7. The van der Waals surface area contributed by atoms with Gasteiger partial charge in [-0.1, -0.05) is 35.9 Å². The average Bonchev–Trinajstić information content (AvgIpc) is 3.40. The highest BCUT2D eigenvalue weighted by Crippen LogP contribution is 2.29. The fourth-order valence-electron chi connectivity index (χ4n) is 4.18. The Kier molecular flexibility index (Phi) is 5.25. The molecular weight excluding hydrogens is 424 g/mol. The van der Waals surface area contributed by atoms with Crippen molar-refractivity contribution in [1.29, 1.82) is 0 Å². The van der Waals surface area contributed by atoms with E-state index in [1.165, 1.54) is 4.57 Å². The van der Waals surface area contributed by atoms with E-state index in [1.54, 1.807) is 30.6 Å². The Hall–Kier alpha value is -3.48. The minimum absolute atomic E-state index is 0.192. The first-order valence-corrected chi connectivity index (χ1v) is 10.7. The van der Waals surface area contributed by atoms with E-state index in [4.69, 9.17) is 16.6 Å². The van der Waals surface area contributed by atoms with Gasteiger partial charge in [-0.15, -0.1) is 0 Å². The zero-order chi connectivity index (χ0) is 22.2. The molecule has 0 bridgehead atoms. The van der Waals surface area contributed by atoms with Gasteiger partial charge in [0.15, 0.2) is 0 Å². The number of rotatable bonds is 5. The number of nitrogens with zero attached hydrogens (tertiary/aromatic N) is 4. The summed E-state index contributed by atoms with van der Waals surface area (Å²) in [7, 11) is 1.90. The van der Waals surface area contributed by atoms with Crippen LogP contribution in [0.4, 0.5) is 0 Å². The lowest BCUT2D eigenvalue weighted by atomic mass is 9.97. The molecule has 1 aliphatic heterocycles. The maximum atomic E-state index is 13.0. The summed E-state index contributed by atoms with van der Waals surface area (Å²) in [5.41, 5.74) is 6.43. The molecule has 5 rings (SSSR count). The van der Waals surface area contributed by atoms with Crippen LogP contribution in [0.2, 0.25) is 5.02 Å². The third kappa shape index (κ3) is 3.57. The Balaban J connectivity index is 1.51. The highest BCUT2D eigenvalue weighted by atomic mass is 35.5. The Labute approximate surface area is 190 Å². The van der Waals surface area contributed by atoms with E-state index in [0.717, 1.165) is 39.2 Å². The summed E-state index contributed by atoms with van der Waals surface area (Å²) in [5.74, 6) is 0. The van der Waals surface area contributed by atoms with Crippen LogP contribution in [0.1, 0.15) is 28.4 Å². The quantitative estimate of drug-likeness (QED) is 0.508. The maximum absolute atomic E-state index is 13.0. The molecule has 7 heteroatoms. The highest BCUT2D eigenvalue weighted by molar-refractivity contribution is 6.30. The first-order valence-electron chi connectivity index (χ1n) is 10.3. The van der Waals surface area contributed by atoms with E-state index in [1.807, 2.05) is 42.1 Å². The predicted molar refractivity (Wildman–Crippen MR) is 125 cm³/mol. The lowest BCUT2D eigenvalue weighted by molar-refractivity contribution is 0.247. The van der Waals surface area contributed by atoms with Gasteiger partial charge in [0.05, 0.1) is 30.6 Å². The molecule has 0 saturated heterocycles. The molecule has 160 valence electrons. The van der Waals surface area contributed by atoms with Crippen molar-refractivity contribution >= 4 is 17.3 Å². The van der Waals surface area contributed by atoms with Gasteiger partial charge >= 0.3 is 0 Å². The number of aryl methyl sites for hydroxylation is 1. The van der Waals surface area contributed by atoms with Gasteiger partial charge in [-0.25, -0.2) is 0 Å². The van der Waals surface area contributed by atoms with Crippen molar-refractivity contribution < 1.29 is 5.11 Å². The summed E-state index contributed by atoms with van der Waals surface area (Å²) in [6.07, 6.45) is 3.49. The number of aliphatic hydroxyl groups is 1. The molecule has 0 radical (unpaired) electrons. The largest absolute Gasteiger partial charge is 0.394 e. The van der Waals surface area contributed by atoms with Crippen molar-refractivity contribution in [1.82, 2.24) is 14.3 Å². The smallest absolute Gasteiger partial charge is 0.251 e. The number of aliphatic imine (C=N–C) groups is 1. The zero-order valence-corrected chi connectivity index (χ0v) is 18.2. The Morgan fingerprint density at radius 2 is 1.94 bits per heavy atom. The van der Waals surface area contributed by atoms with E-state index in [0.29, 0.717) is 11.6 Å². The number of aromatic nitrogens is 3. The molecule has 6 nitrogen and oxygen atoms in total. The van der Waals surface area contributed by atoms with Crippen LogP contribution in [-0.2, 0) is 13.6 Å². The van der Waals surface area contributed by atoms with Gasteiger partial charge in [0.25, 0.3) is 5.56 Å². The van der Waals surface area contributed by atoms with Gasteiger partial charge < -0.3 is 9.67 Å². The highest BCUT2D eigenvalue weighted by Gasteiger charge is 2.21. The van der Waals surface area contributed by atoms with Gasteiger partial charge in [-0.3, -0.25) is 14.5 Å². The molecule has 0 fully saturated rings. The van der Waals surface area contributed by atoms with E-state index >= 15 is 0 Å². The van der Waals surface area contributed by atoms with Gasteiger partial charge in [0.2, 0.25) is 0 Å². The van der Waals surface area contributed by atoms with Crippen LogP contribution in [0.15, 0.2) is 82.8 Å². The van der Waals surface area contributed by atoms with E-state index in [9.17, 15) is 9.90 Å². The third-order valence-corrected chi connectivity index (χ3v) is 6.09. The molecule has 0 spiro atoms. The Morgan fingerprint density at radius 1 is 1.09 bits per heavy atom. The van der Waals surface area contributed by atoms with Crippen LogP contribution in [0.25, 0.3) is 11.1 Å². The molecule has 1 N–H and O–H groups in total. The molecule has 2 aromatic carbocycles. The lowest BCUT2D eigenvalue weighted by Crippen LogP contribution is -2.26. The molecule has 4 aromatic rings. The van der Waals surface area contributed by atoms with Crippen molar-refractivity contribution in [2.24, 2.45) is 12.0 Å². The fraction of sp³-hybridized carbons (Fsp3) is 0.160. The molecule has 0 saturated carbocycles. The number of pyridine rings is 1. The zero-order valence-electron chi connectivity index (χ0n) is 17.4. The summed E-state index contributed by atoms with van der Waals surface area (Å²) in [6.45, 7) is 0.429. The van der Waals surface area contributed by atoms with E-state index in [2.05, 4.69) is 17.2 Å². The molecule has 1 aliphatic rings. The number of hydrogen-bond acceptors (Lipinski definition) is 4. The number of benzene rings is 2. The van der Waals surface area contributed by atoms with Crippen LogP contribution >= 0.6 is 11.6 Å². The van der Waals surface area contributed by atoms with Crippen LogP contribution < -0.4 is 5.56 Å². The molecular formula is C25H21ClN4O2. The molecule has 0 unspecified atom stereocenters. The average molecular weight is 445 g/mol. The number of aliphatic hydroxyl groups excluding tert-OH is 1. The molecule has 1 atom stereocenters. The molecule has 2 aromatic heterocycles. The van der Waals surface area contributed by atoms with Crippen molar-refractivity contribution in [2.75, 3.05) is 6.61 Å². The fourth-order valence-corrected chi connectivity index (χ4v) is 4.38. The minimum Gasteiger partial charge on any atom is -0.394 e. The second-order valence-corrected chi connectivity index (χ2v) is 8.23. The number of hydrogen-bond donors (Lipinski definition) is 1. The second-order valence-electron chi connectivity index (χ2n) is 7.79. The lowest BCUT2D eigenvalue weighted by Gasteiger charge is -2.19. The third-order valence-electron chi connectivity index (χ3n) is 5.86. The van der Waals surface area contributed by atoms with Gasteiger partial charge in [0.1, 0.15) is 0 Å². The summed E-state index contributed by atoms with van der Waals surface area (Å²) >= 11 is 6.10. The van der Waals surface area contributed by atoms with Gasteiger partial charge in [0, 0.05) is 36.1 Å². The Bertz CT molecular complexity index is 1400. The van der Waals surface area contributed by atoms with Crippen LogP contribution in [0.3, 0.4) is 0 Å². The standard InChI is InChI=1S/C25H21ClN4O2/c1-29-22(7-9-28-29)25-21-12-16(5-6-19(21)14-27-25)17-8-10-30(24(32)13-17)23(15-31)18-3-2-4-20(26)11-18/h2-13,23,31H,14-15H2,1H3/t23-/m1/s1. The molecule has 3 heterocycles. The monoisotopic (exact) mass is 444 g/mol. The van der Waals surface area contributed by atoms with Crippen LogP contribution in [0.5, 0.6) is 0 Å².